The van der Waals surface area contributed by atoms with Gasteiger partial charge in [0, 0.05) is 45.0 Å². The smallest absolute Gasteiger partial charge is 0.0590 e. The lowest BCUT2D eigenvalue weighted by atomic mass is 9.87. The van der Waals surface area contributed by atoms with Gasteiger partial charge in [-0.05, 0) is 25.7 Å². The van der Waals surface area contributed by atoms with Crippen molar-refractivity contribution in [2.45, 2.75) is 37.3 Å². The minimum absolute atomic E-state index is 0.179. The number of hydrogen-bond donors (Lipinski definition) is 1. The summed E-state index contributed by atoms with van der Waals surface area (Å²) in [5.41, 5.74) is 6.22. The van der Waals surface area contributed by atoms with Crippen LogP contribution in [0.4, 0.5) is 0 Å². The lowest BCUT2D eigenvalue weighted by Crippen LogP contribution is -2.58. The van der Waals surface area contributed by atoms with Gasteiger partial charge >= 0.3 is 0 Å². The summed E-state index contributed by atoms with van der Waals surface area (Å²) in [4.78, 5) is 2.60. The molecule has 2 rings (SSSR count). The van der Waals surface area contributed by atoms with Crippen LogP contribution in [0.15, 0.2) is 0 Å². The molecule has 2 aliphatic rings. The van der Waals surface area contributed by atoms with E-state index in [1.54, 1.807) is 7.11 Å². The van der Waals surface area contributed by atoms with Crippen molar-refractivity contribution in [2.24, 2.45) is 5.73 Å². The average molecular weight is 228 g/mol. The van der Waals surface area contributed by atoms with Gasteiger partial charge in [0.25, 0.3) is 0 Å². The van der Waals surface area contributed by atoms with Crippen LogP contribution in [0, 0.1) is 0 Å². The van der Waals surface area contributed by atoms with E-state index in [-0.39, 0.29) is 5.54 Å². The molecule has 0 radical (unpaired) electrons. The maximum Gasteiger partial charge on any atom is 0.0590 e. The maximum atomic E-state index is 6.04. The first-order chi connectivity index (χ1) is 7.82. The molecule has 2 fully saturated rings. The molecule has 0 aromatic carbocycles. The zero-order chi connectivity index (χ0) is 11.4. The molecule has 4 nitrogen and oxygen atoms in total. The molecule has 1 aliphatic carbocycles. The summed E-state index contributed by atoms with van der Waals surface area (Å²) in [5, 5.41) is 0. The monoisotopic (exact) mass is 228 g/mol. The first kappa shape index (κ1) is 12.3. The Morgan fingerprint density at radius 2 is 2.06 bits per heavy atom. The van der Waals surface area contributed by atoms with E-state index in [1.165, 1.54) is 12.8 Å². The zero-order valence-corrected chi connectivity index (χ0v) is 10.3. The largest absolute Gasteiger partial charge is 0.383 e. The molecule has 0 aromatic rings. The molecule has 1 aliphatic heterocycles. The summed E-state index contributed by atoms with van der Waals surface area (Å²) < 4.78 is 10.7. The van der Waals surface area contributed by atoms with Gasteiger partial charge in [-0.15, -0.1) is 0 Å². The highest BCUT2D eigenvalue weighted by atomic mass is 16.5. The molecular weight excluding hydrogens is 204 g/mol. The maximum absolute atomic E-state index is 6.04. The minimum atomic E-state index is 0.179. The second-order valence-electron chi connectivity index (χ2n) is 4.96. The highest BCUT2D eigenvalue weighted by Crippen LogP contribution is 2.37. The van der Waals surface area contributed by atoms with Gasteiger partial charge in [-0.1, -0.05) is 0 Å². The molecule has 0 atom stereocenters. The number of methoxy groups -OCH3 is 1. The second-order valence-corrected chi connectivity index (χ2v) is 4.96. The average Bonchev–Trinajstić information content (AvgIpc) is 3.15. The van der Waals surface area contributed by atoms with E-state index in [4.69, 9.17) is 15.2 Å². The van der Waals surface area contributed by atoms with Gasteiger partial charge in [0.1, 0.15) is 0 Å². The Bertz CT molecular complexity index is 213. The van der Waals surface area contributed by atoms with Crippen molar-refractivity contribution in [3.8, 4) is 0 Å². The second kappa shape index (κ2) is 5.45. The first-order valence-electron chi connectivity index (χ1n) is 6.36. The van der Waals surface area contributed by atoms with Crippen LogP contribution in [0.3, 0.4) is 0 Å². The van der Waals surface area contributed by atoms with Gasteiger partial charge < -0.3 is 15.2 Å². The van der Waals surface area contributed by atoms with E-state index in [2.05, 4.69) is 4.90 Å². The van der Waals surface area contributed by atoms with Gasteiger partial charge in [0.15, 0.2) is 0 Å². The van der Waals surface area contributed by atoms with Crippen LogP contribution in [-0.2, 0) is 9.47 Å². The number of rotatable bonds is 6. The van der Waals surface area contributed by atoms with Crippen molar-refractivity contribution in [3.05, 3.63) is 0 Å². The quantitative estimate of drug-likeness (QED) is 0.723. The van der Waals surface area contributed by atoms with Crippen LogP contribution in [0.25, 0.3) is 0 Å². The summed E-state index contributed by atoms with van der Waals surface area (Å²) in [6.07, 6.45) is 4.80. The van der Waals surface area contributed by atoms with Crippen molar-refractivity contribution < 1.29 is 9.47 Å². The molecule has 0 spiro atoms. The molecule has 2 N–H and O–H groups in total. The molecule has 0 amide bonds. The van der Waals surface area contributed by atoms with Crippen molar-refractivity contribution in [2.75, 3.05) is 40.0 Å². The topological polar surface area (TPSA) is 47.7 Å². The number of nitrogens with zero attached hydrogens (tertiary/aromatic N) is 1. The molecule has 1 heterocycles. The van der Waals surface area contributed by atoms with Crippen molar-refractivity contribution in [1.29, 1.82) is 0 Å². The van der Waals surface area contributed by atoms with Crippen LogP contribution in [0.2, 0.25) is 0 Å². The van der Waals surface area contributed by atoms with Crippen LogP contribution in [-0.4, -0.2) is 56.5 Å². The summed E-state index contributed by atoms with van der Waals surface area (Å²) in [5.74, 6) is 0. The van der Waals surface area contributed by atoms with E-state index < -0.39 is 0 Å². The van der Waals surface area contributed by atoms with E-state index in [9.17, 15) is 0 Å². The fourth-order valence-corrected chi connectivity index (χ4v) is 2.74. The van der Waals surface area contributed by atoms with Gasteiger partial charge in [0.05, 0.1) is 6.61 Å². The van der Waals surface area contributed by atoms with E-state index in [1.807, 2.05) is 0 Å². The Kier molecular flexibility index (Phi) is 4.19. The molecule has 16 heavy (non-hydrogen) atoms. The molecule has 1 saturated heterocycles. The van der Waals surface area contributed by atoms with Crippen LogP contribution in [0.5, 0.6) is 0 Å². The zero-order valence-electron chi connectivity index (χ0n) is 10.3. The first-order valence-corrected chi connectivity index (χ1v) is 6.36. The summed E-state index contributed by atoms with van der Waals surface area (Å²) in [6.45, 7) is 4.27. The van der Waals surface area contributed by atoms with E-state index in [0.29, 0.717) is 0 Å². The Morgan fingerprint density at radius 3 is 2.56 bits per heavy atom. The van der Waals surface area contributed by atoms with Gasteiger partial charge in [-0.2, -0.15) is 0 Å². The third-order valence-corrected chi connectivity index (χ3v) is 3.94. The molecule has 94 valence electrons. The Hall–Kier alpha value is -0.160. The third kappa shape index (κ3) is 2.56. The lowest BCUT2D eigenvalue weighted by molar-refractivity contribution is -0.0362. The highest BCUT2D eigenvalue weighted by molar-refractivity contribution is 5.00. The van der Waals surface area contributed by atoms with Crippen LogP contribution >= 0.6 is 0 Å². The predicted molar refractivity (Wildman–Crippen MR) is 63.4 cm³/mol. The third-order valence-electron chi connectivity index (χ3n) is 3.94. The summed E-state index contributed by atoms with van der Waals surface area (Å²) in [6, 6.07) is 0.747. The minimum Gasteiger partial charge on any atom is -0.383 e. The molecule has 1 saturated carbocycles. The van der Waals surface area contributed by atoms with Gasteiger partial charge in [-0.3, -0.25) is 4.90 Å². The lowest BCUT2D eigenvalue weighted by Gasteiger charge is -2.46. The van der Waals surface area contributed by atoms with Crippen LogP contribution in [0.1, 0.15) is 25.7 Å². The van der Waals surface area contributed by atoms with Crippen LogP contribution < -0.4 is 5.73 Å². The predicted octanol–water partition coefficient (Wildman–Crippen LogP) is 0.605. The Labute approximate surface area is 98.1 Å². The van der Waals surface area contributed by atoms with Crippen molar-refractivity contribution in [3.63, 3.8) is 0 Å². The molecule has 0 bridgehead atoms. The van der Waals surface area contributed by atoms with E-state index >= 15 is 0 Å². The fourth-order valence-electron chi connectivity index (χ4n) is 2.74. The number of ether oxygens (including phenoxy) is 2. The number of nitrogens with two attached hydrogens (primary N) is 1. The fraction of sp³-hybridized carbons (Fsp3) is 1.00. The normalized spacial score (nSPS) is 24.9. The number of hydrogen-bond acceptors (Lipinski definition) is 4. The van der Waals surface area contributed by atoms with E-state index in [0.717, 1.165) is 51.8 Å². The molecule has 0 aromatic heterocycles. The molecular formula is C12H24N2O2. The van der Waals surface area contributed by atoms with Gasteiger partial charge in [-0.25, -0.2) is 0 Å². The summed E-state index contributed by atoms with van der Waals surface area (Å²) in [7, 11) is 1.77. The summed E-state index contributed by atoms with van der Waals surface area (Å²) >= 11 is 0. The Morgan fingerprint density at radius 1 is 1.38 bits per heavy atom. The SMILES string of the molecule is COCCN(C1CC1)C1(CN)CCOCC1. The standard InChI is InChI=1S/C12H24N2O2/c1-15-9-6-14(11-2-3-11)12(10-13)4-7-16-8-5-12/h11H,2-10,13H2,1H3. The van der Waals surface area contributed by atoms with Crippen molar-refractivity contribution >= 4 is 0 Å². The molecule has 0 unspecified atom stereocenters. The highest BCUT2D eigenvalue weighted by Gasteiger charge is 2.43. The molecule has 4 heteroatoms. The van der Waals surface area contributed by atoms with Gasteiger partial charge in [0.2, 0.25) is 0 Å². The van der Waals surface area contributed by atoms with Crippen molar-refractivity contribution in [1.82, 2.24) is 4.90 Å². The Balaban J connectivity index is 2.01.